The summed E-state index contributed by atoms with van der Waals surface area (Å²) in [6, 6.07) is 26.9. The van der Waals surface area contributed by atoms with E-state index in [2.05, 4.69) is 25.8 Å². The van der Waals surface area contributed by atoms with Crippen molar-refractivity contribution in [1.29, 1.82) is 0 Å². The molecular weight excluding hydrogens is 530 g/mol. The Hall–Kier alpha value is -4.57. The first kappa shape index (κ1) is 28.9. The zero-order valence-corrected chi connectivity index (χ0v) is 23.4. The predicted octanol–water partition coefficient (Wildman–Crippen LogP) is 5.06. The van der Waals surface area contributed by atoms with Crippen LogP contribution < -0.4 is 16.0 Å². The van der Waals surface area contributed by atoms with E-state index in [1.807, 2.05) is 84.9 Å². The minimum absolute atomic E-state index is 0.0398. The van der Waals surface area contributed by atoms with Crippen LogP contribution in [0.4, 0.5) is 16.2 Å². The van der Waals surface area contributed by atoms with Crippen molar-refractivity contribution in [2.45, 2.75) is 19.8 Å². The predicted molar refractivity (Wildman–Crippen MR) is 163 cm³/mol. The second kappa shape index (κ2) is 14.9. The Labute approximate surface area is 245 Å². The van der Waals surface area contributed by atoms with Gasteiger partial charge >= 0.3 is 6.03 Å². The van der Waals surface area contributed by atoms with E-state index in [0.29, 0.717) is 45.2 Å². The van der Waals surface area contributed by atoms with Crippen LogP contribution in [-0.2, 0) is 34.0 Å². The van der Waals surface area contributed by atoms with Crippen molar-refractivity contribution in [1.82, 2.24) is 15.2 Å². The Balaban J connectivity index is 1.14. The maximum Gasteiger partial charge on any atom is 0.319 e. The SMILES string of the molecule is O=C(CN1CCOCC1)Nc1ccccc1-c1ccccc1COCc1ccc(NC(=O)NCc2cccnc2)cc1. The van der Waals surface area contributed by atoms with Crippen molar-refractivity contribution in [3.05, 3.63) is 114 Å². The Morgan fingerprint density at radius 1 is 0.810 bits per heavy atom. The molecule has 1 saturated heterocycles. The molecule has 9 heteroatoms. The second-order valence-corrected chi connectivity index (χ2v) is 10.00. The minimum atomic E-state index is -0.281. The summed E-state index contributed by atoms with van der Waals surface area (Å²) in [4.78, 5) is 31.2. The number of benzene rings is 3. The molecular formula is C33H35N5O4. The van der Waals surface area contributed by atoms with E-state index in [0.717, 1.165) is 46.6 Å². The smallest absolute Gasteiger partial charge is 0.319 e. The topological polar surface area (TPSA) is 105 Å². The molecule has 0 aliphatic carbocycles. The zero-order chi connectivity index (χ0) is 29.0. The number of amides is 3. The van der Waals surface area contributed by atoms with Gasteiger partial charge in [-0.25, -0.2) is 4.79 Å². The number of rotatable bonds is 11. The molecule has 1 aliphatic rings. The van der Waals surface area contributed by atoms with Gasteiger partial charge in [-0.3, -0.25) is 14.7 Å². The molecule has 1 fully saturated rings. The van der Waals surface area contributed by atoms with Gasteiger partial charge in [0.05, 0.1) is 33.0 Å². The highest BCUT2D eigenvalue weighted by atomic mass is 16.5. The molecule has 0 bridgehead atoms. The van der Waals surface area contributed by atoms with Gasteiger partial charge in [-0.1, -0.05) is 60.7 Å². The lowest BCUT2D eigenvalue weighted by Gasteiger charge is -2.26. The van der Waals surface area contributed by atoms with Gasteiger partial charge in [0.2, 0.25) is 5.91 Å². The summed E-state index contributed by atoms with van der Waals surface area (Å²) in [7, 11) is 0. The van der Waals surface area contributed by atoms with Crippen LogP contribution in [-0.4, -0.2) is 54.7 Å². The molecule has 1 aromatic heterocycles. The number of nitrogens with one attached hydrogen (secondary N) is 3. The molecule has 42 heavy (non-hydrogen) atoms. The first-order valence-electron chi connectivity index (χ1n) is 14.0. The lowest BCUT2D eigenvalue weighted by atomic mass is 9.98. The van der Waals surface area contributed by atoms with Crippen LogP contribution in [0.1, 0.15) is 16.7 Å². The monoisotopic (exact) mass is 565 g/mol. The van der Waals surface area contributed by atoms with Crippen LogP contribution in [0.25, 0.3) is 11.1 Å². The number of para-hydroxylation sites is 1. The van der Waals surface area contributed by atoms with Crippen LogP contribution in [0.2, 0.25) is 0 Å². The maximum atomic E-state index is 12.8. The van der Waals surface area contributed by atoms with Crippen molar-refractivity contribution in [2.75, 3.05) is 43.5 Å². The van der Waals surface area contributed by atoms with Gasteiger partial charge in [-0.2, -0.15) is 0 Å². The van der Waals surface area contributed by atoms with Gasteiger partial charge in [0, 0.05) is 49.0 Å². The molecule has 3 aromatic carbocycles. The number of aromatic nitrogens is 1. The molecule has 1 aliphatic heterocycles. The van der Waals surface area contributed by atoms with Crippen molar-refractivity contribution < 1.29 is 19.1 Å². The number of morpholine rings is 1. The fourth-order valence-corrected chi connectivity index (χ4v) is 4.71. The number of hydrogen-bond acceptors (Lipinski definition) is 6. The Kier molecular flexibility index (Phi) is 10.3. The third kappa shape index (κ3) is 8.47. The largest absolute Gasteiger partial charge is 0.379 e. The van der Waals surface area contributed by atoms with Crippen molar-refractivity contribution in [2.24, 2.45) is 0 Å². The van der Waals surface area contributed by atoms with Gasteiger partial charge in [0.15, 0.2) is 0 Å². The average molecular weight is 566 g/mol. The fourth-order valence-electron chi connectivity index (χ4n) is 4.71. The summed E-state index contributed by atoms with van der Waals surface area (Å²) in [5, 5.41) is 8.76. The third-order valence-corrected chi connectivity index (χ3v) is 6.89. The highest BCUT2D eigenvalue weighted by Gasteiger charge is 2.16. The van der Waals surface area contributed by atoms with E-state index in [1.54, 1.807) is 12.4 Å². The van der Waals surface area contributed by atoms with Crippen molar-refractivity contribution in [3.63, 3.8) is 0 Å². The molecule has 0 spiro atoms. The highest BCUT2D eigenvalue weighted by molar-refractivity contribution is 5.97. The van der Waals surface area contributed by atoms with Crippen LogP contribution in [0, 0.1) is 0 Å². The summed E-state index contributed by atoms with van der Waals surface area (Å²) >= 11 is 0. The summed E-state index contributed by atoms with van der Waals surface area (Å²) in [6.45, 7) is 4.40. The molecule has 3 N–H and O–H groups in total. The van der Waals surface area contributed by atoms with Crippen LogP contribution in [0.5, 0.6) is 0 Å². The number of nitrogens with zero attached hydrogens (tertiary/aromatic N) is 2. The van der Waals surface area contributed by atoms with Gasteiger partial charge in [-0.05, 0) is 46.5 Å². The van der Waals surface area contributed by atoms with E-state index < -0.39 is 0 Å². The highest BCUT2D eigenvalue weighted by Crippen LogP contribution is 2.31. The standard InChI is InChI=1S/C33H35N5O4/c39-32(22-38-16-18-41-19-17-38)37-31-10-4-3-9-30(31)29-8-2-1-7-27(29)24-42-23-25-11-13-28(14-12-25)36-33(40)35-21-26-6-5-15-34-20-26/h1-15,20H,16-19,21-24H2,(H,37,39)(H2,35,36,40). The van der Waals surface area contributed by atoms with Gasteiger partial charge < -0.3 is 25.4 Å². The Morgan fingerprint density at radius 3 is 2.36 bits per heavy atom. The normalized spacial score (nSPS) is 13.3. The quantitative estimate of drug-likeness (QED) is 0.235. The average Bonchev–Trinajstić information content (AvgIpc) is 3.02. The van der Waals surface area contributed by atoms with Gasteiger partial charge in [-0.15, -0.1) is 0 Å². The molecule has 9 nitrogen and oxygen atoms in total. The molecule has 0 unspecified atom stereocenters. The van der Waals surface area contributed by atoms with Crippen molar-refractivity contribution >= 4 is 23.3 Å². The zero-order valence-electron chi connectivity index (χ0n) is 23.4. The molecule has 0 radical (unpaired) electrons. The van der Waals surface area contributed by atoms with E-state index in [9.17, 15) is 9.59 Å². The molecule has 0 atom stereocenters. The third-order valence-electron chi connectivity index (χ3n) is 6.89. The Morgan fingerprint density at radius 2 is 1.57 bits per heavy atom. The number of hydrogen-bond donors (Lipinski definition) is 3. The number of carbonyl (C=O) groups is 2. The number of carbonyl (C=O) groups excluding carboxylic acids is 2. The van der Waals surface area contributed by atoms with Crippen molar-refractivity contribution in [3.8, 4) is 11.1 Å². The van der Waals surface area contributed by atoms with Crippen LogP contribution in [0.3, 0.4) is 0 Å². The number of ether oxygens (including phenoxy) is 2. The lowest BCUT2D eigenvalue weighted by molar-refractivity contribution is -0.118. The van der Waals surface area contributed by atoms with Crippen LogP contribution >= 0.6 is 0 Å². The summed E-state index contributed by atoms with van der Waals surface area (Å²) < 4.78 is 11.5. The molecule has 0 saturated carbocycles. The molecule has 2 heterocycles. The maximum absolute atomic E-state index is 12.8. The van der Waals surface area contributed by atoms with E-state index in [4.69, 9.17) is 9.47 Å². The molecule has 216 valence electrons. The number of anilines is 2. The first-order chi connectivity index (χ1) is 20.6. The van der Waals surface area contributed by atoms with Gasteiger partial charge in [0.1, 0.15) is 0 Å². The summed E-state index contributed by atoms with van der Waals surface area (Å²) in [5.74, 6) is -0.0398. The Bertz CT molecular complexity index is 1460. The number of urea groups is 1. The first-order valence-corrected chi connectivity index (χ1v) is 14.0. The van der Waals surface area contributed by atoms with Crippen LogP contribution in [0.15, 0.2) is 97.3 Å². The van der Waals surface area contributed by atoms with E-state index in [1.165, 1.54) is 0 Å². The second-order valence-electron chi connectivity index (χ2n) is 10.00. The fraction of sp³-hybridized carbons (Fsp3) is 0.242. The van der Waals surface area contributed by atoms with E-state index in [-0.39, 0.29) is 11.9 Å². The molecule has 3 amide bonds. The van der Waals surface area contributed by atoms with E-state index >= 15 is 0 Å². The molecule has 4 aromatic rings. The summed E-state index contributed by atoms with van der Waals surface area (Å²) in [6.07, 6.45) is 3.42. The molecule has 5 rings (SSSR count). The lowest BCUT2D eigenvalue weighted by Crippen LogP contribution is -2.41. The summed E-state index contributed by atoms with van der Waals surface area (Å²) in [5.41, 5.74) is 6.37. The minimum Gasteiger partial charge on any atom is -0.379 e. The van der Waals surface area contributed by atoms with Gasteiger partial charge in [0.25, 0.3) is 0 Å². The number of pyridine rings is 1.